The van der Waals surface area contributed by atoms with E-state index in [1.165, 1.54) is 5.56 Å². The van der Waals surface area contributed by atoms with Crippen LogP contribution in [-0.2, 0) is 12.0 Å². The Labute approximate surface area is 198 Å². The highest BCUT2D eigenvalue weighted by atomic mass is 79.9. The zero-order valence-corrected chi connectivity index (χ0v) is 20.6. The van der Waals surface area contributed by atoms with Gasteiger partial charge in [0.2, 0.25) is 0 Å². The van der Waals surface area contributed by atoms with Crippen molar-refractivity contribution in [3.05, 3.63) is 58.1 Å². The van der Waals surface area contributed by atoms with Crippen LogP contribution in [-0.4, -0.2) is 50.8 Å². The van der Waals surface area contributed by atoms with Crippen LogP contribution in [0.1, 0.15) is 36.8 Å². The Morgan fingerprint density at radius 1 is 1.12 bits per heavy atom. The predicted octanol–water partition coefficient (Wildman–Crippen LogP) is 4.46. The number of fused-ring (bicyclic) bond motifs is 1. The van der Waals surface area contributed by atoms with Crippen molar-refractivity contribution in [1.29, 1.82) is 0 Å². The number of hydrogen-bond acceptors (Lipinski definition) is 4. The van der Waals surface area contributed by atoms with E-state index in [0.29, 0.717) is 12.6 Å². The number of carbonyl (C=O) groups is 1. The molecule has 1 heterocycles. The number of urea groups is 1. The minimum atomic E-state index is -0.0998. The lowest BCUT2D eigenvalue weighted by Gasteiger charge is -2.45. The van der Waals surface area contributed by atoms with Crippen molar-refractivity contribution >= 4 is 22.0 Å². The van der Waals surface area contributed by atoms with E-state index in [1.54, 1.807) is 14.2 Å². The number of methoxy groups -OCH3 is 2. The molecule has 2 aliphatic rings. The Kier molecular flexibility index (Phi) is 6.96. The molecule has 172 valence electrons. The van der Waals surface area contributed by atoms with Gasteiger partial charge in [-0.2, -0.15) is 0 Å². The molecule has 1 saturated heterocycles. The van der Waals surface area contributed by atoms with Crippen LogP contribution in [0, 0.1) is 0 Å². The summed E-state index contributed by atoms with van der Waals surface area (Å²) in [6, 6.07) is 14.8. The second-order valence-electron chi connectivity index (χ2n) is 8.90. The number of carbonyl (C=O) groups excluding carboxylic acids is 1. The van der Waals surface area contributed by atoms with Gasteiger partial charge in [0.25, 0.3) is 0 Å². The van der Waals surface area contributed by atoms with Gasteiger partial charge in [0, 0.05) is 28.5 Å². The molecular formula is C25H32BrN3O3. The summed E-state index contributed by atoms with van der Waals surface area (Å²) in [5, 5.41) is 6.21. The van der Waals surface area contributed by atoms with Crippen LogP contribution in [0.4, 0.5) is 4.79 Å². The van der Waals surface area contributed by atoms with Gasteiger partial charge in [0.15, 0.2) is 11.5 Å². The maximum absolute atomic E-state index is 12.6. The molecule has 2 aromatic rings. The van der Waals surface area contributed by atoms with Crippen LogP contribution in [0.15, 0.2) is 46.9 Å². The number of amides is 2. The summed E-state index contributed by atoms with van der Waals surface area (Å²) in [6.07, 6.45) is 4.06. The van der Waals surface area contributed by atoms with Gasteiger partial charge in [0.05, 0.1) is 14.2 Å². The third-order valence-electron chi connectivity index (χ3n) is 7.19. The maximum atomic E-state index is 12.6. The summed E-state index contributed by atoms with van der Waals surface area (Å²) in [6.45, 7) is 1.58. The van der Waals surface area contributed by atoms with Gasteiger partial charge < -0.3 is 25.0 Å². The smallest absolute Gasteiger partial charge is 0.315 e. The Morgan fingerprint density at radius 3 is 2.59 bits per heavy atom. The number of halogens is 1. The molecule has 6 nitrogen and oxygen atoms in total. The average Bonchev–Trinajstić information content (AvgIpc) is 3.15. The molecule has 32 heavy (non-hydrogen) atoms. The van der Waals surface area contributed by atoms with E-state index in [1.807, 2.05) is 30.3 Å². The SMILES string of the molecule is COc1ccc(C23CCC(NC(=O)NCc4ccc(Br)cc4)CC2N(C)CC3)cc1OC. The van der Waals surface area contributed by atoms with Gasteiger partial charge in [-0.3, -0.25) is 0 Å². The molecule has 3 atom stereocenters. The first kappa shape index (κ1) is 22.9. The number of likely N-dealkylation sites (tertiary alicyclic amines) is 1. The summed E-state index contributed by atoms with van der Waals surface area (Å²) in [4.78, 5) is 15.0. The zero-order valence-electron chi connectivity index (χ0n) is 19.0. The van der Waals surface area contributed by atoms with E-state index in [0.717, 1.165) is 53.8 Å². The van der Waals surface area contributed by atoms with Crippen LogP contribution >= 0.6 is 15.9 Å². The minimum absolute atomic E-state index is 0.0837. The molecule has 1 saturated carbocycles. The zero-order chi connectivity index (χ0) is 22.7. The second-order valence-corrected chi connectivity index (χ2v) is 9.81. The fourth-order valence-electron chi connectivity index (χ4n) is 5.42. The summed E-state index contributed by atoms with van der Waals surface area (Å²) < 4.78 is 12.0. The number of hydrogen-bond donors (Lipinski definition) is 2. The first-order chi connectivity index (χ1) is 15.4. The molecule has 1 aliphatic heterocycles. The van der Waals surface area contributed by atoms with Crippen LogP contribution in [0.5, 0.6) is 11.5 Å². The first-order valence-corrected chi connectivity index (χ1v) is 12.0. The molecule has 2 fully saturated rings. The second kappa shape index (κ2) is 9.71. The van der Waals surface area contributed by atoms with Crippen molar-refractivity contribution in [1.82, 2.24) is 15.5 Å². The van der Waals surface area contributed by atoms with Crippen LogP contribution in [0.2, 0.25) is 0 Å². The average molecular weight is 502 g/mol. The van der Waals surface area contributed by atoms with Gasteiger partial charge in [-0.05, 0) is 74.7 Å². The largest absolute Gasteiger partial charge is 0.493 e. The molecule has 0 aromatic heterocycles. The van der Waals surface area contributed by atoms with E-state index in [9.17, 15) is 4.79 Å². The Bertz CT molecular complexity index is 952. The molecule has 3 unspecified atom stereocenters. The van der Waals surface area contributed by atoms with Gasteiger partial charge in [-0.1, -0.05) is 34.1 Å². The molecule has 0 bridgehead atoms. The van der Waals surface area contributed by atoms with Crippen LogP contribution < -0.4 is 20.1 Å². The standard InChI is InChI=1S/C25H32BrN3O3/c1-29-13-12-25(18-6-9-21(31-2)22(14-18)32-3)11-10-20(15-23(25)29)28-24(30)27-16-17-4-7-19(26)8-5-17/h4-9,14,20,23H,10-13,15-16H2,1-3H3,(H2,27,28,30). The van der Waals surface area contributed by atoms with Crippen LogP contribution in [0.3, 0.4) is 0 Å². The first-order valence-electron chi connectivity index (χ1n) is 11.2. The minimum Gasteiger partial charge on any atom is -0.493 e. The van der Waals surface area contributed by atoms with E-state index < -0.39 is 0 Å². The highest BCUT2D eigenvalue weighted by molar-refractivity contribution is 9.10. The number of rotatable bonds is 6. The quantitative estimate of drug-likeness (QED) is 0.613. The fraction of sp³-hybridized carbons (Fsp3) is 0.480. The summed E-state index contributed by atoms with van der Waals surface area (Å²) in [5.74, 6) is 1.54. The van der Waals surface area contributed by atoms with E-state index in [4.69, 9.17) is 9.47 Å². The summed E-state index contributed by atoms with van der Waals surface area (Å²) in [7, 11) is 5.55. The molecule has 1 aliphatic carbocycles. The predicted molar refractivity (Wildman–Crippen MR) is 129 cm³/mol. The maximum Gasteiger partial charge on any atom is 0.315 e. The van der Waals surface area contributed by atoms with E-state index >= 15 is 0 Å². The van der Waals surface area contributed by atoms with Crippen LogP contribution in [0.25, 0.3) is 0 Å². The number of nitrogens with one attached hydrogen (secondary N) is 2. The Morgan fingerprint density at radius 2 is 1.88 bits per heavy atom. The number of benzene rings is 2. The molecule has 0 spiro atoms. The van der Waals surface area contributed by atoms with E-state index in [-0.39, 0.29) is 17.5 Å². The van der Waals surface area contributed by atoms with Crippen molar-refractivity contribution in [3.8, 4) is 11.5 Å². The normalized spacial score (nSPS) is 25.1. The highest BCUT2D eigenvalue weighted by Gasteiger charge is 2.50. The lowest BCUT2D eigenvalue weighted by Crippen LogP contribution is -2.53. The molecule has 4 rings (SSSR count). The van der Waals surface area contributed by atoms with E-state index in [2.05, 4.69) is 50.6 Å². The Balaban J connectivity index is 1.42. The van der Waals surface area contributed by atoms with Crippen molar-refractivity contribution in [2.45, 2.75) is 49.7 Å². The monoisotopic (exact) mass is 501 g/mol. The summed E-state index contributed by atoms with van der Waals surface area (Å²) in [5.41, 5.74) is 2.47. The topological polar surface area (TPSA) is 62.8 Å². The van der Waals surface area contributed by atoms with Gasteiger partial charge in [0.1, 0.15) is 0 Å². The molecule has 2 N–H and O–H groups in total. The Hall–Kier alpha value is -2.25. The van der Waals surface area contributed by atoms with Gasteiger partial charge in [-0.25, -0.2) is 4.79 Å². The number of ether oxygens (including phenoxy) is 2. The molecule has 7 heteroatoms. The molecule has 0 radical (unpaired) electrons. The molecule has 2 aromatic carbocycles. The number of nitrogens with zero attached hydrogens (tertiary/aromatic N) is 1. The van der Waals surface area contributed by atoms with Crippen molar-refractivity contribution < 1.29 is 14.3 Å². The van der Waals surface area contributed by atoms with Gasteiger partial charge in [-0.15, -0.1) is 0 Å². The number of likely N-dealkylation sites (N-methyl/N-ethyl adjacent to an activating group) is 1. The van der Waals surface area contributed by atoms with Crippen molar-refractivity contribution in [2.75, 3.05) is 27.8 Å². The van der Waals surface area contributed by atoms with Crippen molar-refractivity contribution in [3.63, 3.8) is 0 Å². The lowest BCUT2D eigenvalue weighted by molar-refractivity contribution is 0.154. The van der Waals surface area contributed by atoms with Crippen molar-refractivity contribution in [2.24, 2.45) is 0 Å². The third-order valence-corrected chi connectivity index (χ3v) is 7.72. The highest BCUT2D eigenvalue weighted by Crippen LogP contribution is 2.49. The lowest BCUT2D eigenvalue weighted by atomic mass is 9.65. The molecular weight excluding hydrogens is 470 g/mol. The third kappa shape index (κ3) is 4.59. The van der Waals surface area contributed by atoms with Gasteiger partial charge >= 0.3 is 6.03 Å². The fourth-order valence-corrected chi connectivity index (χ4v) is 5.68. The summed E-state index contributed by atoms with van der Waals surface area (Å²) >= 11 is 3.44. The molecule has 2 amide bonds.